The molecule has 3 rings (SSSR count). The minimum absolute atomic E-state index is 0.236. The van der Waals surface area contributed by atoms with Gasteiger partial charge in [0.1, 0.15) is 0 Å². The third kappa shape index (κ3) is 2.51. The third-order valence-corrected chi connectivity index (χ3v) is 4.80. The Bertz CT molecular complexity index is 708. The standard InChI is InChI=1S/C19H17Br/c1-2-14-10-12-16(13-11-14)19(20)18-9-5-7-15-6-3-4-8-17(15)18/h3-13,19H,2H2,1H3. The zero-order valence-electron chi connectivity index (χ0n) is 11.5. The minimum atomic E-state index is 0.236. The Morgan fingerprint density at radius 1 is 0.850 bits per heavy atom. The summed E-state index contributed by atoms with van der Waals surface area (Å²) in [5.74, 6) is 0. The van der Waals surface area contributed by atoms with Crippen LogP contribution in [0, 0.1) is 0 Å². The molecular formula is C19H17Br. The van der Waals surface area contributed by atoms with Gasteiger partial charge in [-0.2, -0.15) is 0 Å². The molecule has 0 aliphatic rings. The molecule has 0 aliphatic carbocycles. The van der Waals surface area contributed by atoms with E-state index < -0.39 is 0 Å². The molecule has 1 atom stereocenters. The lowest BCUT2D eigenvalue weighted by molar-refractivity contribution is 1.12. The lowest BCUT2D eigenvalue weighted by Crippen LogP contribution is -1.94. The molecule has 3 aromatic carbocycles. The first-order chi connectivity index (χ1) is 9.79. The van der Waals surface area contributed by atoms with Gasteiger partial charge in [0.05, 0.1) is 4.83 Å². The van der Waals surface area contributed by atoms with Crippen LogP contribution < -0.4 is 0 Å². The van der Waals surface area contributed by atoms with Crippen LogP contribution in [-0.4, -0.2) is 0 Å². The summed E-state index contributed by atoms with van der Waals surface area (Å²) >= 11 is 3.86. The average Bonchev–Trinajstić information content (AvgIpc) is 2.54. The molecule has 0 radical (unpaired) electrons. The largest absolute Gasteiger partial charge is 0.0786 e. The van der Waals surface area contributed by atoms with Gasteiger partial charge in [0.15, 0.2) is 0 Å². The van der Waals surface area contributed by atoms with E-state index >= 15 is 0 Å². The van der Waals surface area contributed by atoms with Crippen LogP contribution in [-0.2, 0) is 6.42 Å². The first-order valence-electron chi connectivity index (χ1n) is 7.00. The Hall–Kier alpha value is -1.60. The molecule has 0 nitrogen and oxygen atoms in total. The van der Waals surface area contributed by atoms with Gasteiger partial charge in [0, 0.05) is 0 Å². The fourth-order valence-corrected chi connectivity index (χ4v) is 3.28. The van der Waals surface area contributed by atoms with Gasteiger partial charge in [-0.05, 0) is 33.9 Å². The number of alkyl halides is 1. The molecule has 0 N–H and O–H groups in total. The van der Waals surface area contributed by atoms with Gasteiger partial charge < -0.3 is 0 Å². The lowest BCUT2D eigenvalue weighted by Gasteiger charge is -2.14. The van der Waals surface area contributed by atoms with Crippen LogP contribution in [0.5, 0.6) is 0 Å². The van der Waals surface area contributed by atoms with Crippen LogP contribution in [0.1, 0.15) is 28.4 Å². The molecule has 0 spiro atoms. The minimum Gasteiger partial charge on any atom is -0.0786 e. The second-order valence-electron chi connectivity index (χ2n) is 5.03. The van der Waals surface area contributed by atoms with Gasteiger partial charge in [-0.15, -0.1) is 0 Å². The molecule has 3 aromatic rings. The van der Waals surface area contributed by atoms with Crippen molar-refractivity contribution in [1.82, 2.24) is 0 Å². The highest BCUT2D eigenvalue weighted by Gasteiger charge is 2.12. The van der Waals surface area contributed by atoms with Gasteiger partial charge in [-0.3, -0.25) is 0 Å². The maximum absolute atomic E-state index is 3.86. The predicted octanol–water partition coefficient (Wildman–Crippen LogP) is 5.89. The summed E-state index contributed by atoms with van der Waals surface area (Å²) in [6, 6.07) is 23.9. The molecule has 1 unspecified atom stereocenters. The van der Waals surface area contributed by atoms with E-state index in [1.165, 1.54) is 27.5 Å². The van der Waals surface area contributed by atoms with Crippen molar-refractivity contribution in [2.24, 2.45) is 0 Å². The van der Waals surface area contributed by atoms with Crippen molar-refractivity contribution in [1.29, 1.82) is 0 Å². The van der Waals surface area contributed by atoms with Crippen LogP contribution in [0.3, 0.4) is 0 Å². The molecule has 0 aliphatic heterocycles. The smallest absolute Gasteiger partial charge is 0.0650 e. The van der Waals surface area contributed by atoms with Crippen molar-refractivity contribution in [2.75, 3.05) is 0 Å². The van der Waals surface area contributed by atoms with Gasteiger partial charge in [0.2, 0.25) is 0 Å². The Labute approximate surface area is 128 Å². The summed E-state index contributed by atoms with van der Waals surface area (Å²) in [6.07, 6.45) is 1.08. The second-order valence-corrected chi connectivity index (χ2v) is 5.94. The third-order valence-electron chi connectivity index (χ3n) is 3.78. The maximum Gasteiger partial charge on any atom is 0.0650 e. The fraction of sp³-hybridized carbons (Fsp3) is 0.158. The number of hydrogen-bond acceptors (Lipinski definition) is 0. The van der Waals surface area contributed by atoms with E-state index in [1.54, 1.807) is 0 Å². The van der Waals surface area contributed by atoms with Gasteiger partial charge in [-0.1, -0.05) is 89.6 Å². The highest BCUT2D eigenvalue weighted by Crippen LogP contribution is 2.35. The van der Waals surface area contributed by atoms with Crippen LogP contribution >= 0.6 is 15.9 Å². The Kier molecular flexibility index (Phi) is 3.88. The van der Waals surface area contributed by atoms with Gasteiger partial charge in [-0.25, -0.2) is 0 Å². The number of aryl methyl sites for hydroxylation is 1. The topological polar surface area (TPSA) is 0 Å². The molecule has 0 fully saturated rings. The molecule has 0 saturated heterocycles. The summed E-state index contributed by atoms with van der Waals surface area (Å²) in [6.45, 7) is 2.19. The Balaban J connectivity index is 2.05. The monoisotopic (exact) mass is 324 g/mol. The molecule has 0 bridgehead atoms. The summed E-state index contributed by atoms with van der Waals surface area (Å²) in [7, 11) is 0. The molecular weight excluding hydrogens is 308 g/mol. The Morgan fingerprint density at radius 3 is 2.30 bits per heavy atom. The van der Waals surface area contributed by atoms with Crippen molar-refractivity contribution in [3.05, 3.63) is 83.4 Å². The van der Waals surface area contributed by atoms with Crippen LogP contribution in [0.15, 0.2) is 66.7 Å². The van der Waals surface area contributed by atoms with Crippen molar-refractivity contribution in [2.45, 2.75) is 18.2 Å². The van der Waals surface area contributed by atoms with Crippen LogP contribution in [0.4, 0.5) is 0 Å². The predicted molar refractivity (Wildman–Crippen MR) is 90.5 cm³/mol. The van der Waals surface area contributed by atoms with E-state index in [4.69, 9.17) is 0 Å². The maximum atomic E-state index is 3.86. The first kappa shape index (κ1) is 13.4. The molecule has 0 amide bonds. The van der Waals surface area contributed by atoms with Crippen molar-refractivity contribution < 1.29 is 0 Å². The zero-order chi connectivity index (χ0) is 13.9. The highest BCUT2D eigenvalue weighted by atomic mass is 79.9. The average molecular weight is 325 g/mol. The quantitative estimate of drug-likeness (QED) is 0.527. The van der Waals surface area contributed by atoms with Crippen molar-refractivity contribution in [3.63, 3.8) is 0 Å². The molecule has 0 aromatic heterocycles. The summed E-state index contributed by atoms with van der Waals surface area (Å²) in [5.41, 5.74) is 4.01. The van der Waals surface area contributed by atoms with E-state index in [-0.39, 0.29) is 4.83 Å². The summed E-state index contributed by atoms with van der Waals surface area (Å²) < 4.78 is 0. The summed E-state index contributed by atoms with van der Waals surface area (Å²) in [5, 5.41) is 2.61. The number of benzene rings is 3. The highest BCUT2D eigenvalue weighted by molar-refractivity contribution is 9.09. The van der Waals surface area contributed by atoms with Crippen molar-refractivity contribution >= 4 is 26.7 Å². The first-order valence-corrected chi connectivity index (χ1v) is 7.91. The van der Waals surface area contributed by atoms with E-state index in [2.05, 4.69) is 89.6 Å². The number of fused-ring (bicyclic) bond motifs is 1. The van der Waals surface area contributed by atoms with Crippen molar-refractivity contribution in [3.8, 4) is 0 Å². The zero-order valence-corrected chi connectivity index (χ0v) is 13.1. The number of rotatable bonds is 3. The SMILES string of the molecule is CCc1ccc(C(Br)c2cccc3ccccc23)cc1. The molecule has 0 heterocycles. The van der Waals surface area contributed by atoms with E-state index in [1.807, 2.05) is 0 Å². The molecule has 0 saturated carbocycles. The molecule has 20 heavy (non-hydrogen) atoms. The summed E-state index contributed by atoms with van der Waals surface area (Å²) in [4.78, 5) is 0.236. The fourth-order valence-electron chi connectivity index (χ4n) is 2.57. The van der Waals surface area contributed by atoms with E-state index in [9.17, 15) is 0 Å². The Morgan fingerprint density at radius 2 is 1.55 bits per heavy atom. The second kappa shape index (κ2) is 5.80. The normalized spacial score (nSPS) is 12.5. The van der Waals surface area contributed by atoms with Crippen LogP contribution in [0.2, 0.25) is 0 Å². The van der Waals surface area contributed by atoms with Gasteiger partial charge in [0.25, 0.3) is 0 Å². The van der Waals surface area contributed by atoms with E-state index in [0.717, 1.165) is 6.42 Å². The molecule has 100 valence electrons. The van der Waals surface area contributed by atoms with E-state index in [0.29, 0.717) is 0 Å². The lowest BCUT2D eigenvalue weighted by atomic mass is 9.97. The van der Waals surface area contributed by atoms with Crippen LogP contribution in [0.25, 0.3) is 10.8 Å². The number of halogens is 1. The number of hydrogen-bond donors (Lipinski definition) is 0. The van der Waals surface area contributed by atoms with Gasteiger partial charge >= 0.3 is 0 Å². The molecule has 1 heteroatoms.